The molecule has 0 spiro atoms. The summed E-state index contributed by atoms with van der Waals surface area (Å²) in [4.78, 5) is 11.6. The molecule has 3 aliphatic carbocycles. The van der Waals surface area contributed by atoms with Crippen LogP contribution in [0.5, 0.6) is 0 Å². The summed E-state index contributed by atoms with van der Waals surface area (Å²) in [5.74, 6) is 3.59. The summed E-state index contributed by atoms with van der Waals surface area (Å²) in [5, 5.41) is 0. The number of hydrogen-bond donors (Lipinski definition) is 0. The Kier molecular flexibility index (Phi) is 1.06. The minimum atomic E-state index is 0.499. The quantitative estimate of drug-likeness (QED) is 0.536. The fraction of sp³-hybridized carbons (Fsp3) is 0.909. The van der Waals surface area contributed by atoms with E-state index in [0.29, 0.717) is 17.1 Å². The monoisotopic (exact) mass is 164 g/mol. The van der Waals surface area contributed by atoms with E-state index in [2.05, 4.69) is 13.8 Å². The summed E-state index contributed by atoms with van der Waals surface area (Å²) in [6.45, 7) is 4.68. The predicted octanol–water partition coefficient (Wildman–Crippen LogP) is 2.26. The van der Waals surface area contributed by atoms with Gasteiger partial charge in [-0.3, -0.25) is 4.79 Å². The van der Waals surface area contributed by atoms with Gasteiger partial charge in [0.25, 0.3) is 0 Å². The van der Waals surface area contributed by atoms with Crippen molar-refractivity contribution in [1.82, 2.24) is 0 Å². The zero-order valence-corrected chi connectivity index (χ0v) is 7.84. The second-order valence-electron chi connectivity index (χ2n) is 5.42. The molecular formula is C11H16O. The summed E-state index contributed by atoms with van der Waals surface area (Å²) in [6.07, 6.45) is 3.38. The number of carbonyl (C=O) groups excluding carboxylic acids is 1. The Balaban J connectivity index is 1.89. The highest BCUT2D eigenvalue weighted by molar-refractivity contribution is 5.84. The topological polar surface area (TPSA) is 17.1 Å². The van der Waals surface area contributed by atoms with Crippen LogP contribution >= 0.6 is 0 Å². The number of hydrogen-bond acceptors (Lipinski definition) is 1. The molecule has 0 aromatic heterocycles. The molecule has 1 nitrogen and oxygen atoms in total. The average molecular weight is 164 g/mol. The minimum absolute atomic E-state index is 0.499. The van der Waals surface area contributed by atoms with E-state index in [9.17, 15) is 4.79 Å². The molecular weight excluding hydrogens is 148 g/mol. The van der Waals surface area contributed by atoms with Crippen molar-refractivity contribution in [3.8, 4) is 0 Å². The van der Waals surface area contributed by atoms with Gasteiger partial charge in [0.15, 0.2) is 0 Å². The molecule has 0 aliphatic heterocycles. The second kappa shape index (κ2) is 1.78. The van der Waals surface area contributed by atoms with E-state index >= 15 is 0 Å². The standard InChI is InChI=1S/C11H16O/c1-11(2)9-6-4-3-5-7(12)8(6)10(9)11/h6,8-10H,3-5H2,1-2H3. The highest BCUT2D eigenvalue weighted by atomic mass is 16.1. The van der Waals surface area contributed by atoms with Gasteiger partial charge in [-0.25, -0.2) is 0 Å². The van der Waals surface area contributed by atoms with Gasteiger partial charge < -0.3 is 0 Å². The van der Waals surface area contributed by atoms with Crippen molar-refractivity contribution in [2.75, 3.05) is 0 Å². The molecule has 12 heavy (non-hydrogen) atoms. The van der Waals surface area contributed by atoms with Crippen LogP contribution in [-0.4, -0.2) is 5.78 Å². The summed E-state index contributed by atoms with van der Waals surface area (Å²) in [6, 6.07) is 0. The Hall–Kier alpha value is -0.330. The van der Waals surface area contributed by atoms with E-state index in [4.69, 9.17) is 0 Å². The molecule has 0 radical (unpaired) electrons. The van der Waals surface area contributed by atoms with E-state index in [1.807, 2.05) is 0 Å². The number of rotatable bonds is 0. The predicted molar refractivity (Wildman–Crippen MR) is 46.6 cm³/mol. The average Bonchev–Trinajstić information content (AvgIpc) is 2.39. The van der Waals surface area contributed by atoms with E-state index < -0.39 is 0 Å². The Morgan fingerprint density at radius 2 is 2.08 bits per heavy atom. The van der Waals surface area contributed by atoms with Crippen LogP contribution in [0.2, 0.25) is 0 Å². The third-order valence-electron chi connectivity index (χ3n) is 4.64. The fourth-order valence-corrected chi connectivity index (χ4v) is 4.04. The van der Waals surface area contributed by atoms with E-state index in [-0.39, 0.29) is 0 Å². The maximum Gasteiger partial charge on any atom is 0.136 e. The summed E-state index contributed by atoms with van der Waals surface area (Å²) < 4.78 is 0. The summed E-state index contributed by atoms with van der Waals surface area (Å²) in [7, 11) is 0. The first-order valence-electron chi connectivity index (χ1n) is 5.17. The molecule has 4 atom stereocenters. The lowest BCUT2D eigenvalue weighted by molar-refractivity contribution is -0.131. The van der Waals surface area contributed by atoms with Crippen LogP contribution in [0.25, 0.3) is 0 Å². The molecule has 1 heteroatoms. The molecule has 0 aromatic rings. The van der Waals surface area contributed by atoms with Crippen molar-refractivity contribution in [1.29, 1.82) is 0 Å². The zero-order chi connectivity index (χ0) is 8.51. The van der Waals surface area contributed by atoms with Crippen LogP contribution in [-0.2, 0) is 4.79 Å². The van der Waals surface area contributed by atoms with Crippen molar-refractivity contribution >= 4 is 5.78 Å². The first-order chi connectivity index (χ1) is 5.64. The van der Waals surface area contributed by atoms with Crippen molar-refractivity contribution in [2.45, 2.75) is 33.1 Å². The van der Waals surface area contributed by atoms with Gasteiger partial charge in [-0.2, -0.15) is 0 Å². The molecule has 3 aliphatic rings. The fourth-order valence-electron chi connectivity index (χ4n) is 4.04. The lowest BCUT2D eigenvalue weighted by Crippen LogP contribution is -2.39. The molecule has 0 saturated heterocycles. The van der Waals surface area contributed by atoms with Crippen LogP contribution < -0.4 is 0 Å². The third-order valence-corrected chi connectivity index (χ3v) is 4.64. The number of ketones is 1. The van der Waals surface area contributed by atoms with Gasteiger partial charge in [0.1, 0.15) is 5.78 Å². The van der Waals surface area contributed by atoms with Gasteiger partial charge in [0, 0.05) is 12.3 Å². The molecule has 3 rings (SSSR count). The van der Waals surface area contributed by atoms with Crippen molar-refractivity contribution in [2.24, 2.45) is 29.1 Å². The van der Waals surface area contributed by atoms with Gasteiger partial charge in [0.05, 0.1) is 0 Å². The smallest absolute Gasteiger partial charge is 0.136 e. The van der Waals surface area contributed by atoms with Gasteiger partial charge in [0.2, 0.25) is 0 Å². The molecule has 0 heterocycles. The molecule has 4 unspecified atom stereocenters. The Morgan fingerprint density at radius 3 is 2.75 bits per heavy atom. The van der Waals surface area contributed by atoms with E-state index in [1.165, 1.54) is 12.8 Å². The molecule has 0 aromatic carbocycles. The summed E-state index contributed by atoms with van der Waals surface area (Å²) in [5.41, 5.74) is 0.523. The first-order valence-corrected chi connectivity index (χ1v) is 5.17. The van der Waals surface area contributed by atoms with Crippen molar-refractivity contribution in [3.05, 3.63) is 0 Å². The SMILES string of the molecule is CC1(C)C2C3CCCC(=O)C3C21. The number of Topliss-reactive ketones (excluding diaryl/α,β-unsaturated/α-hetero) is 1. The van der Waals surface area contributed by atoms with Gasteiger partial charge in [-0.15, -0.1) is 0 Å². The second-order valence-corrected chi connectivity index (χ2v) is 5.42. The van der Waals surface area contributed by atoms with Crippen LogP contribution in [0.3, 0.4) is 0 Å². The lowest BCUT2D eigenvalue weighted by Gasteiger charge is -2.38. The molecule has 3 fully saturated rings. The minimum Gasteiger partial charge on any atom is -0.299 e. The largest absolute Gasteiger partial charge is 0.299 e. The molecule has 0 N–H and O–H groups in total. The molecule has 66 valence electrons. The maximum absolute atomic E-state index is 11.6. The zero-order valence-electron chi connectivity index (χ0n) is 7.84. The first kappa shape index (κ1) is 7.11. The van der Waals surface area contributed by atoms with Gasteiger partial charge in [-0.1, -0.05) is 13.8 Å². The van der Waals surface area contributed by atoms with Crippen LogP contribution in [0, 0.1) is 29.1 Å². The normalized spacial score (nSPS) is 53.7. The highest BCUT2D eigenvalue weighted by Crippen LogP contribution is 2.77. The Labute approximate surface area is 73.5 Å². The molecule has 3 saturated carbocycles. The molecule has 0 bridgehead atoms. The summed E-state index contributed by atoms with van der Waals surface area (Å²) >= 11 is 0. The van der Waals surface area contributed by atoms with Crippen LogP contribution in [0.1, 0.15) is 33.1 Å². The molecule has 0 amide bonds. The van der Waals surface area contributed by atoms with E-state index in [0.717, 1.165) is 24.2 Å². The Morgan fingerprint density at radius 1 is 1.33 bits per heavy atom. The highest BCUT2D eigenvalue weighted by Gasteiger charge is 2.75. The van der Waals surface area contributed by atoms with Crippen molar-refractivity contribution < 1.29 is 4.79 Å². The Bertz CT molecular complexity index is 254. The lowest BCUT2D eigenvalue weighted by atomic mass is 9.65. The number of carbonyl (C=O) groups is 1. The maximum atomic E-state index is 11.6. The third kappa shape index (κ3) is 0.571. The van der Waals surface area contributed by atoms with Crippen LogP contribution in [0.4, 0.5) is 0 Å². The van der Waals surface area contributed by atoms with Crippen LogP contribution in [0.15, 0.2) is 0 Å². The van der Waals surface area contributed by atoms with Gasteiger partial charge in [-0.05, 0) is 36.0 Å². The van der Waals surface area contributed by atoms with Crippen molar-refractivity contribution in [3.63, 3.8) is 0 Å². The van der Waals surface area contributed by atoms with Gasteiger partial charge >= 0.3 is 0 Å². The van der Waals surface area contributed by atoms with E-state index in [1.54, 1.807) is 0 Å². The number of fused-ring (bicyclic) bond motifs is 4.